The van der Waals surface area contributed by atoms with E-state index in [0.717, 1.165) is 31.7 Å². The summed E-state index contributed by atoms with van der Waals surface area (Å²) in [5.41, 5.74) is 3.60. The molecular weight excluding hydrogens is 586 g/mol. The van der Waals surface area contributed by atoms with Crippen LogP contribution in [0.3, 0.4) is 0 Å². The molecule has 1 saturated heterocycles. The highest BCUT2D eigenvalue weighted by Gasteiger charge is 2.33. The van der Waals surface area contributed by atoms with Crippen LogP contribution in [-0.2, 0) is 17.8 Å². The van der Waals surface area contributed by atoms with E-state index in [2.05, 4.69) is 22.5 Å². The average Bonchev–Trinajstić information content (AvgIpc) is 3.17. The van der Waals surface area contributed by atoms with Gasteiger partial charge in [-0.1, -0.05) is 64.2 Å². The monoisotopic (exact) mass is 611 g/mol. The predicted molar refractivity (Wildman–Crippen MR) is 164 cm³/mol. The number of amides is 1. The first kappa shape index (κ1) is 27.5. The van der Waals surface area contributed by atoms with Crippen molar-refractivity contribution in [3.05, 3.63) is 99.4 Å². The Balaban J connectivity index is 1.65. The lowest BCUT2D eigenvalue weighted by Crippen LogP contribution is -2.27. The summed E-state index contributed by atoms with van der Waals surface area (Å²) in [5.74, 6) is 1.18. The maximum Gasteiger partial charge on any atom is 0.270 e. The third kappa shape index (κ3) is 6.68. The third-order valence-corrected chi connectivity index (χ3v) is 8.07. The number of benzene rings is 3. The van der Waals surface area contributed by atoms with Crippen molar-refractivity contribution in [3.8, 4) is 11.5 Å². The predicted octanol–water partition coefficient (Wildman–Crippen LogP) is 8.28. The normalized spacial score (nSPS) is 14.4. The van der Waals surface area contributed by atoms with Gasteiger partial charge in [0, 0.05) is 14.9 Å². The van der Waals surface area contributed by atoms with E-state index in [9.17, 15) is 4.79 Å². The second-order valence-electron chi connectivity index (χ2n) is 8.07. The van der Waals surface area contributed by atoms with E-state index in [1.54, 1.807) is 16.7 Å². The quantitative estimate of drug-likeness (QED) is 0.0993. The standard InChI is InChI=1S/C29H26BrNO3S3/c1-4-7-21-14-20(15-25(33-5-2)27(21)34-18-19-10-12-22(30)13-11-19)16-26-28(32)31(29(35)37-26)23-8-6-9-24(17-23)36-3/h4,6,8-17H,1,5,7,18H2,2-3H3/b26-16-. The summed E-state index contributed by atoms with van der Waals surface area (Å²) >= 11 is 12.0. The molecule has 0 spiro atoms. The van der Waals surface area contributed by atoms with Crippen molar-refractivity contribution in [2.24, 2.45) is 0 Å². The minimum absolute atomic E-state index is 0.132. The largest absolute Gasteiger partial charge is 0.490 e. The minimum atomic E-state index is -0.132. The topological polar surface area (TPSA) is 38.8 Å². The molecule has 0 saturated carbocycles. The van der Waals surface area contributed by atoms with Crippen molar-refractivity contribution in [1.82, 2.24) is 0 Å². The molecule has 1 aliphatic heterocycles. The molecule has 0 aromatic heterocycles. The highest BCUT2D eigenvalue weighted by molar-refractivity contribution is 9.10. The number of rotatable bonds is 10. The van der Waals surface area contributed by atoms with Gasteiger partial charge < -0.3 is 9.47 Å². The number of halogens is 1. The van der Waals surface area contributed by atoms with Crippen LogP contribution in [0.5, 0.6) is 11.5 Å². The fourth-order valence-corrected chi connectivity index (χ4v) is 5.84. The van der Waals surface area contributed by atoms with Crippen molar-refractivity contribution in [2.45, 2.75) is 24.8 Å². The van der Waals surface area contributed by atoms with Crippen LogP contribution in [0, 0.1) is 0 Å². The number of carbonyl (C=O) groups excluding carboxylic acids is 1. The summed E-state index contributed by atoms with van der Waals surface area (Å²) in [6, 6.07) is 19.8. The molecule has 4 rings (SSSR count). The van der Waals surface area contributed by atoms with E-state index >= 15 is 0 Å². The fraction of sp³-hybridized carbons (Fsp3) is 0.172. The van der Waals surface area contributed by atoms with Crippen LogP contribution in [0.1, 0.15) is 23.6 Å². The van der Waals surface area contributed by atoms with Gasteiger partial charge in [-0.15, -0.1) is 18.3 Å². The Bertz CT molecular complexity index is 1360. The summed E-state index contributed by atoms with van der Waals surface area (Å²) in [6.45, 7) is 6.74. The Hall–Kier alpha value is -2.52. The van der Waals surface area contributed by atoms with E-state index in [0.29, 0.717) is 40.4 Å². The van der Waals surface area contributed by atoms with Gasteiger partial charge in [0.25, 0.3) is 5.91 Å². The molecule has 1 heterocycles. The van der Waals surface area contributed by atoms with Gasteiger partial charge in [-0.2, -0.15) is 0 Å². The average molecular weight is 613 g/mol. The number of ether oxygens (including phenoxy) is 2. The lowest BCUT2D eigenvalue weighted by Gasteiger charge is -2.17. The number of nitrogens with zero attached hydrogens (tertiary/aromatic N) is 1. The van der Waals surface area contributed by atoms with Crippen LogP contribution in [0.4, 0.5) is 5.69 Å². The van der Waals surface area contributed by atoms with Crippen LogP contribution in [0.2, 0.25) is 0 Å². The highest BCUT2D eigenvalue weighted by atomic mass is 79.9. The van der Waals surface area contributed by atoms with Gasteiger partial charge in [0.1, 0.15) is 6.61 Å². The number of thioether (sulfide) groups is 2. The number of hydrogen-bond donors (Lipinski definition) is 0. The van der Waals surface area contributed by atoms with Gasteiger partial charge in [-0.25, -0.2) is 0 Å². The van der Waals surface area contributed by atoms with Crippen molar-refractivity contribution >= 4 is 73.7 Å². The minimum Gasteiger partial charge on any atom is -0.490 e. The molecule has 8 heteroatoms. The van der Waals surface area contributed by atoms with Crippen LogP contribution < -0.4 is 14.4 Å². The molecule has 0 unspecified atom stereocenters. The molecule has 0 radical (unpaired) electrons. The highest BCUT2D eigenvalue weighted by Crippen LogP contribution is 2.39. The maximum atomic E-state index is 13.4. The molecule has 0 bridgehead atoms. The molecule has 1 fully saturated rings. The molecule has 3 aromatic rings. The molecule has 1 amide bonds. The molecular formula is C29H26BrNO3S3. The van der Waals surface area contributed by atoms with Crippen molar-refractivity contribution in [1.29, 1.82) is 0 Å². The second kappa shape index (κ2) is 12.8. The van der Waals surface area contributed by atoms with Crippen molar-refractivity contribution in [2.75, 3.05) is 17.8 Å². The molecule has 4 nitrogen and oxygen atoms in total. The van der Waals surface area contributed by atoms with Gasteiger partial charge in [0.05, 0.1) is 17.2 Å². The lowest BCUT2D eigenvalue weighted by molar-refractivity contribution is -0.113. The maximum absolute atomic E-state index is 13.4. The Kier molecular flexibility index (Phi) is 9.54. The van der Waals surface area contributed by atoms with Crippen molar-refractivity contribution in [3.63, 3.8) is 0 Å². The van der Waals surface area contributed by atoms with E-state index in [1.807, 2.05) is 86.0 Å². The molecule has 190 valence electrons. The fourth-order valence-electron chi connectivity index (χ4n) is 3.83. The molecule has 0 N–H and O–H groups in total. The summed E-state index contributed by atoms with van der Waals surface area (Å²) in [5, 5.41) is 0. The number of allylic oxidation sites excluding steroid dienone is 1. The van der Waals surface area contributed by atoms with E-state index in [4.69, 9.17) is 21.7 Å². The van der Waals surface area contributed by atoms with Crippen LogP contribution in [-0.4, -0.2) is 23.1 Å². The summed E-state index contributed by atoms with van der Waals surface area (Å²) in [6.07, 6.45) is 6.30. The second-order valence-corrected chi connectivity index (χ2v) is 11.5. The van der Waals surface area contributed by atoms with Gasteiger partial charge in [-0.05, 0) is 79.3 Å². The lowest BCUT2D eigenvalue weighted by atomic mass is 10.0. The van der Waals surface area contributed by atoms with E-state index < -0.39 is 0 Å². The smallest absolute Gasteiger partial charge is 0.270 e. The summed E-state index contributed by atoms with van der Waals surface area (Å²) in [7, 11) is 0. The van der Waals surface area contributed by atoms with Crippen LogP contribution >= 0.6 is 51.7 Å². The number of thiocarbonyl (C=S) groups is 1. The van der Waals surface area contributed by atoms with E-state index in [-0.39, 0.29) is 5.91 Å². The Labute approximate surface area is 240 Å². The zero-order chi connectivity index (χ0) is 26.4. The Morgan fingerprint density at radius 3 is 2.62 bits per heavy atom. The van der Waals surface area contributed by atoms with Crippen LogP contribution in [0.15, 0.2) is 87.6 Å². The first-order valence-corrected chi connectivity index (χ1v) is 14.9. The molecule has 0 aliphatic carbocycles. The van der Waals surface area contributed by atoms with Crippen LogP contribution in [0.25, 0.3) is 6.08 Å². The molecule has 37 heavy (non-hydrogen) atoms. The van der Waals surface area contributed by atoms with E-state index in [1.165, 1.54) is 11.8 Å². The van der Waals surface area contributed by atoms with Crippen molar-refractivity contribution < 1.29 is 14.3 Å². The van der Waals surface area contributed by atoms with Gasteiger partial charge in [0.2, 0.25) is 0 Å². The molecule has 3 aromatic carbocycles. The summed E-state index contributed by atoms with van der Waals surface area (Å²) in [4.78, 5) is 16.6. The Morgan fingerprint density at radius 2 is 1.92 bits per heavy atom. The first-order valence-electron chi connectivity index (χ1n) is 11.6. The number of carbonyl (C=O) groups is 1. The zero-order valence-corrected chi connectivity index (χ0v) is 24.6. The third-order valence-electron chi connectivity index (χ3n) is 5.52. The van der Waals surface area contributed by atoms with Gasteiger partial charge >= 0.3 is 0 Å². The van der Waals surface area contributed by atoms with Gasteiger partial charge in [-0.3, -0.25) is 9.69 Å². The Morgan fingerprint density at radius 1 is 1.14 bits per heavy atom. The molecule has 0 atom stereocenters. The summed E-state index contributed by atoms with van der Waals surface area (Å²) < 4.78 is 13.8. The zero-order valence-electron chi connectivity index (χ0n) is 20.5. The number of anilines is 1. The number of hydrogen-bond acceptors (Lipinski definition) is 6. The van der Waals surface area contributed by atoms with Gasteiger partial charge in [0.15, 0.2) is 15.8 Å². The SMILES string of the molecule is C=CCc1cc(/C=C2\SC(=S)N(c3cccc(SC)c3)C2=O)cc(OCC)c1OCc1ccc(Br)cc1. The molecule has 1 aliphatic rings. The first-order chi connectivity index (χ1) is 17.9.